The Morgan fingerprint density at radius 2 is 2.20 bits per heavy atom. The number of piperazine rings is 1. The van der Waals surface area contributed by atoms with Crippen molar-refractivity contribution < 1.29 is 14.4 Å². The van der Waals surface area contributed by atoms with Crippen LogP contribution in [0, 0.1) is 5.92 Å². The van der Waals surface area contributed by atoms with Gasteiger partial charge in [0.15, 0.2) is 0 Å². The first-order chi connectivity index (χ1) is 12.0. The topological polar surface area (TPSA) is 104 Å². The van der Waals surface area contributed by atoms with Crippen molar-refractivity contribution in [1.29, 1.82) is 0 Å². The van der Waals surface area contributed by atoms with Crippen molar-refractivity contribution in [3.63, 3.8) is 0 Å². The van der Waals surface area contributed by atoms with Crippen LogP contribution in [0.5, 0.6) is 0 Å². The zero-order chi connectivity index (χ0) is 18.0. The maximum Gasteiger partial charge on any atom is 0.271 e. The highest BCUT2D eigenvalue weighted by molar-refractivity contribution is 5.97. The molecule has 3 rings (SSSR count). The lowest BCUT2D eigenvalue weighted by molar-refractivity contribution is -0.152. The Hall–Kier alpha value is -2.51. The number of fused-ring (bicyclic) bond motifs is 1. The van der Waals surface area contributed by atoms with Crippen LogP contribution in [0.4, 0.5) is 0 Å². The molecule has 0 saturated carbocycles. The van der Waals surface area contributed by atoms with Gasteiger partial charge in [0.25, 0.3) is 5.91 Å². The van der Waals surface area contributed by atoms with Crippen molar-refractivity contribution in [2.24, 2.45) is 5.92 Å². The molecule has 3 unspecified atom stereocenters. The number of carbonyl (C=O) groups excluding carboxylic acids is 3. The van der Waals surface area contributed by atoms with Crippen LogP contribution in [0.2, 0.25) is 0 Å². The number of nitrogens with zero attached hydrogens (tertiary/aromatic N) is 3. The summed E-state index contributed by atoms with van der Waals surface area (Å²) in [6.45, 7) is 4.52. The molecule has 1 aromatic rings. The van der Waals surface area contributed by atoms with E-state index < -0.39 is 12.1 Å². The van der Waals surface area contributed by atoms with Gasteiger partial charge in [0, 0.05) is 25.0 Å². The third-order valence-corrected chi connectivity index (χ3v) is 4.64. The third-order valence-electron chi connectivity index (χ3n) is 4.64. The van der Waals surface area contributed by atoms with Gasteiger partial charge in [0.2, 0.25) is 11.8 Å². The highest BCUT2D eigenvalue weighted by Crippen LogP contribution is 2.24. The minimum absolute atomic E-state index is 0.0167. The number of piperidine rings is 1. The van der Waals surface area contributed by atoms with Crippen molar-refractivity contribution in [2.45, 2.75) is 51.2 Å². The largest absolute Gasteiger partial charge is 0.348 e. The molecule has 8 heteroatoms. The Morgan fingerprint density at radius 3 is 2.88 bits per heavy atom. The van der Waals surface area contributed by atoms with Crippen molar-refractivity contribution in [3.8, 4) is 0 Å². The van der Waals surface area contributed by atoms with Gasteiger partial charge in [-0.3, -0.25) is 19.4 Å². The fourth-order valence-electron chi connectivity index (χ4n) is 3.45. The number of aromatic nitrogens is 2. The van der Waals surface area contributed by atoms with E-state index in [9.17, 15) is 14.4 Å². The smallest absolute Gasteiger partial charge is 0.271 e. The number of carbonyl (C=O) groups is 3. The van der Waals surface area contributed by atoms with E-state index in [-0.39, 0.29) is 29.5 Å². The first kappa shape index (κ1) is 17.3. The molecule has 0 bridgehead atoms. The van der Waals surface area contributed by atoms with Crippen molar-refractivity contribution in [3.05, 3.63) is 24.3 Å². The van der Waals surface area contributed by atoms with Crippen LogP contribution in [0.25, 0.3) is 0 Å². The molecule has 0 aliphatic carbocycles. The van der Waals surface area contributed by atoms with Crippen LogP contribution in [0.1, 0.15) is 43.6 Å². The van der Waals surface area contributed by atoms with Gasteiger partial charge in [-0.25, -0.2) is 4.98 Å². The van der Waals surface area contributed by atoms with Crippen molar-refractivity contribution in [2.75, 3.05) is 6.54 Å². The van der Waals surface area contributed by atoms with E-state index in [1.54, 1.807) is 4.90 Å². The van der Waals surface area contributed by atoms with E-state index in [4.69, 9.17) is 0 Å². The Labute approximate surface area is 146 Å². The van der Waals surface area contributed by atoms with Crippen molar-refractivity contribution >= 4 is 17.7 Å². The summed E-state index contributed by atoms with van der Waals surface area (Å²) in [6, 6.07) is -1.12. The second-order valence-corrected chi connectivity index (χ2v) is 7.02. The lowest BCUT2D eigenvalue weighted by Crippen LogP contribution is -2.67. The summed E-state index contributed by atoms with van der Waals surface area (Å²) in [5.74, 6) is -0.137. The summed E-state index contributed by atoms with van der Waals surface area (Å²) >= 11 is 0. The molecule has 2 aliphatic rings. The van der Waals surface area contributed by atoms with Gasteiger partial charge in [-0.15, -0.1) is 0 Å². The van der Waals surface area contributed by atoms with Crippen LogP contribution in [-0.4, -0.2) is 57.3 Å². The minimum atomic E-state index is -0.517. The van der Waals surface area contributed by atoms with Crippen molar-refractivity contribution in [1.82, 2.24) is 25.5 Å². The van der Waals surface area contributed by atoms with Gasteiger partial charge in [0.1, 0.15) is 17.8 Å². The average Bonchev–Trinajstić information content (AvgIpc) is 2.60. The Bertz CT molecular complexity index is 664. The van der Waals surface area contributed by atoms with Crippen LogP contribution in [-0.2, 0) is 9.59 Å². The Kier molecular flexibility index (Phi) is 4.96. The molecule has 8 nitrogen and oxygen atoms in total. The van der Waals surface area contributed by atoms with Gasteiger partial charge >= 0.3 is 0 Å². The van der Waals surface area contributed by atoms with E-state index in [1.807, 2.05) is 13.8 Å². The second-order valence-electron chi connectivity index (χ2n) is 7.02. The minimum Gasteiger partial charge on any atom is -0.348 e. The van der Waals surface area contributed by atoms with Gasteiger partial charge in [-0.05, 0) is 25.2 Å². The van der Waals surface area contributed by atoms with Gasteiger partial charge in [-0.2, -0.15) is 0 Å². The van der Waals surface area contributed by atoms with E-state index in [0.29, 0.717) is 31.7 Å². The average molecular weight is 345 g/mol. The maximum atomic E-state index is 12.6. The zero-order valence-electron chi connectivity index (χ0n) is 14.4. The Balaban J connectivity index is 1.63. The molecular weight excluding hydrogens is 322 g/mol. The standard InChI is InChI=1S/C17H23N5O3/c1-10(2)7-12-17(25)22-6-3-11(8-14(22)16(24)21-12)20-15(23)13-9-18-4-5-19-13/h4-5,9-12,14H,3,6-8H2,1-2H3,(H,20,23)(H,21,24). The first-order valence-corrected chi connectivity index (χ1v) is 8.63. The number of hydrogen-bond donors (Lipinski definition) is 2. The van der Waals surface area contributed by atoms with Crippen LogP contribution in [0.3, 0.4) is 0 Å². The molecule has 2 saturated heterocycles. The summed E-state index contributed by atoms with van der Waals surface area (Å²) in [5, 5.41) is 5.72. The molecule has 2 fully saturated rings. The summed E-state index contributed by atoms with van der Waals surface area (Å²) in [5.41, 5.74) is 0.242. The number of rotatable bonds is 4. The summed E-state index contributed by atoms with van der Waals surface area (Å²) in [7, 11) is 0. The quantitative estimate of drug-likeness (QED) is 0.806. The highest BCUT2D eigenvalue weighted by Gasteiger charge is 2.44. The molecule has 0 radical (unpaired) electrons. The van der Waals surface area contributed by atoms with Crippen LogP contribution in [0.15, 0.2) is 18.6 Å². The molecule has 1 aromatic heterocycles. The lowest BCUT2D eigenvalue weighted by atomic mass is 9.91. The second kappa shape index (κ2) is 7.16. The predicted molar refractivity (Wildman–Crippen MR) is 89.4 cm³/mol. The normalized spacial score (nSPS) is 26.2. The maximum absolute atomic E-state index is 12.6. The van der Waals surface area contributed by atoms with E-state index in [2.05, 4.69) is 20.6 Å². The number of hydrogen-bond acceptors (Lipinski definition) is 5. The summed E-state index contributed by atoms with van der Waals surface area (Å²) in [6.07, 6.45) is 6.03. The molecular formula is C17H23N5O3. The molecule has 0 spiro atoms. The Morgan fingerprint density at radius 1 is 1.40 bits per heavy atom. The highest BCUT2D eigenvalue weighted by atomic mass is 16.2. The molecule has 25 heavy (non-hydrogen) atoms. The monoisotopic (exact) mass is 345 g/mol. The third kappa shape index (κ3) is 3.78. The lowest BCUT2D eigenvalue weighted by Gasteiger charge is -2.44. The van der Waals surface area contributed by atoms with Gasteiger partial charge < -0.3 is 15.5 Å². The van der Waals surface area contributed by atoms with Gasteiger partial charge in [0.05, 0.1) is 6.20 Å². The van der Waals surface area contributed by atoms with Crippen LogP contribution >= 0.6 is 0 Å². The molecule has 2 N–H and O–H groups in total. The summed E-state index contributed by atoms with van der Waals surface area (Å²) < 4.78 is 0. The zero-order valence-corrected chi connectivity index (χ0v) is 14.4. The molecule has 3 atom stereocenters. The fourth-order valence-corrected chi connectivity index (χ4v) is 3.45. The molecule has 2 aliphatic heterocycles. The predicted octanol–water partition coefficient (Wildman–Crippen LogP) is 0.111. The number of amides is 3. The van der Waals surface area contributed by atoms with Crippen LogP contribution < -0.4 is 10.6 Å². The molecule has 134 valence electrons. The molecule has 3 amide bonds. The van der Waals surface area contributed by atoms with Gasteiger partial charge in [-0.1, -0.05) is 13.8 Å². The summed E-state index contributed by atoms with van der Waals surface area (Å²) in [4.78, 5) is 46.7. The molecule has 0 aromatic carbocycles. The number of nitrogens with one attached hydrogen (secondary N) is 2. The first-order valence-electron chi connectivity index (χ1n) is 8.63. The SMILES string of the molecule is CC(C)CC1NC(=O)C2CC(NC(=O)c3cnccn3)CCN2C1=O. The van der Waals surface area contributed by atoms with E-state index >= 15 is 0 Å². The fraction of sp³-hybridized carbons (Fsp3) is 0.588. The molecule has 3 heterocycles. The van der Waals surface area contributed by atoms with E-state index in [0.717, 1.165) is 0 Å². The van der Waals surface area contributed by atoms with E-state index in [1.165, 1.54) is 18.6 Å².